The molecule has 2 rings (SSSR count). The van der Waals surface area contributed by atoms with Crippen LogP contribution in [0, 0.1) is 0 Å². The highest BCUT2D eigenvalue weighted by Crippen LogP contribution is 2.27. The van der Waals surface area contributed by atoms with Gasteiger partial charge in [-0.2, -0.15) is 5.10 Å². The minimum Gasteiger partial charge on any atom is -0.382 e. The van der Waals surface area contributed by atoms with Crippen LogP contribution in [0.3, 0.4) is 0 Å². The van der Waals surface area contributed by atoms with Crippen molar-refractivity contribution in [1.29, 1.82) is 0 Å². The van der Waals surface area contributed by atoms with Gasteiger partial charge >= 0.3 is 0 Å². The molecule has 0 bridgehead atoms. The average molecular weight is 281 g/mol. The van der Waals surface area contributed by atoms with E-state index < -0.39 is 0 Å². The smallest absolute Gasteiger partial charge is 0.0701 e. The highest BCUT2D eigenvalue weighted by Gasteiger charge is 2.16. The molecule has 0 aromatic carbocycles. The summed E-state index contributed by atoms with van der Waals surface area (Å²) in [5.41, 5.74) is 7.13. The fourth-order valence-electron chi connectivity index (χ4n) is 2.74. The van der Waals surface area contributed by atoms with Gasteiger partial charge in [0.25, 0.3) is 0 Å². The molecule has 1 heterocycles. The van der Waals surface area contributed by atoms with Crippen LogP contribution in [0.5, 0.6) is 0 Å². The third kappa shape index (κ3) is 4.89. The van der Waals surface area contributed by atoms with Crippen LogP contribution < -0.4 is 5.73 Å². The predicted octanol–water partition coefficient (Wildman–Crippen LogP) is 1.92. The minimum atomic E-state index is 0.00145. The zero-order valence-electron chi connectivity index (χ0n) is 12.5. The first-order valence-corrected chi connectivity index (χ1v) is 7.66. The molecule has 0 amide bonds. The standard InChI is InChI=1S/C15H27N3O2/c1-19-9-10-20-12-13(16)11-14-7-8-18(17-14)15-5-3-2-4-6-15/h7-8,13,15H,2-6,9-12,16H2,1H3. The third-order valence-electron chi connectivity index (χ3n) is 3.85. The second-order valence-electron chi connectivity index (χ2n) is 5.61. The van der Waals surface area contributed by atoms with Crippen molar-refractivity contribution in [2.24, 2.45) is 5.73 Å². The van der Waals surface area contributed by atoms with Gasteiger partial charge in [0.15, 0.2) is 0 Å². The molecular weight excluding hydrogens is 254 g/mol. The summed E-state index contributed by atoms with van der Waals surface area (Å²) in [6.07, 6.45) is 9.41. The van der Waals surface area contributed by atoms with E-state index in [1.165, 1.54) is 32.1 Å². The lowest BCUT2D eigenvalue weighted by molar-refractivity contribution is 0.0635. The molecule has 1 saturated carbocycles. The van der Waals surface area contributed by atoms with E-state index in [0.29, 0.717) is 25.9 Å². The van der Waals surface area contributed by atoms with Crippen molar-refractivity contribution in [3.05, 3.63) is 18.0 Å². The number of hydrogen-bond donors (Lipinski definition) is 1. The monoisotopic (exact) mass is 281 g/mol. The second kappa shape index (κ2) is 8.39. The van der Waals surface area contributed by atoms with E-state index in [1.54, 1.807) is 7.11 Å². The van der Waals surface area contributed by atoms with Crippen molar-refractivity contribution in [3.8, 4) is 0 Å². The number of hydrogen-bond acceptors (Lipinski definition) is 4. The number of aromatic nitrogens is 2. The molecule has 5 nitrogen and oxygen atoms in total. The predicted molar refractivity (Wildman–Crippen MR) is 78.7 cm³/mol. The molecule has 5 heteroatoms. The van der Waals surface area contributed by atoms with Crippen LogP contribution in [0.4, 0.5) is 0 Å². The molecule has 1 aromatic rings. The van der Waals surface area contributed by atoms with E-state index in [0.717, 1.165) is 12.1 Å². The molecule has 114 valence electrons. The van der Waals surface area contributed by atoms with Gasteiger partial charge in [-0.15, -0.1) is 0 Å². The average Bonchev–Trinajstić information content (AvgIpc) is 2.93. The normalized spacial score (nSPS) is 18.3. The molecule has 1 aliphatic rings. The van der Waals surface area contributed by atoms with E-state index in [2.05, 4.69) is 22.0 Å². The van der Waals surface area contributed by atoms with Gasteiger partial charge in [-0.1, -0.05) is 19.3 Å². The lowest BCUT2D eigenvalue weighted by Crippen LogP contribution is -2.29. The second-order valence-corrected chi connectivity index (χ2v) is 5.61. The van der Waals surface area contributed by atoms with Gasteiger partial charge < -0.3 is 15.2 Å². The van der Waals surface area contributed by atoms with E-state index in [4.69, 9.17) is 15.2 Å². The summed E-state index contributed by atoms with van der Waals surface area (Å²) in [5, 5.41) is 4.67. The summed E-state index contributed by atoms with van der Waals surface area (Å²) in [5.74, 6) is 0. The van der Waals surface area contributed by atoms with E-state index in [1.807, 2.05) is 0 Å². The Labute approximate surface area is 121 Å². The van der Waals surface area contributed by atoms with Crippen molar-refractivity contribution in [1.82, 2.24) is 9.78 Å². The Balaban J connectivity index is 1.74. The van der Waals surface area contributed by atoms with Gasteiger partial charge in [-0.3, -0.25) is 4.68 Å². The molecule has 1 fully saturated rings. The molecule has 1 atom stereocenters. The van der Waals surface area contributed by atoms with Crippen LogP contribution in [0.15, 0.2) is 12.3 Å². The summed E-state index contributed by atoms with van der Waals surface area (Å²) >= 11 is 0. The van der Waals surface area contributed by atoms with Crippen molar-refractivity contribution in [2.45, 2.75) is 50.6 Å². The zero-order chi connectivity index (χ0) is 14.2. The number of nitrogens with zero attached hydrogens (tertiary/aromatic N) is 2. The van der Waals surface area contributed by atoms with Gasteiger partial charge in [0.2, 0.25) is 0 Å². The molecule has 2 N–H and O–H groups in total. The molecule has 0 saturated heterocycles. The molecule has 1 aromatic heterocycles. The maximum absolute atomic E-state index is 6.06. The molecule has 0 aliphatic heterocycles. The van der Waals surface area contributed by atoms with Gasteiger partial charge in [-0.05, 0) is 18.9 Å². The Bertz CT molecular complexity index is 375. The quantitative estimate of drug-likeness (QED) is 0.740. The van der Waals surface area contributed by atoms with E-state index >= 15 is 0 Å². The van der Waals surface area contributed by atoms with Gasteiger partial charge in [0, 0.05) is 25.8 Å². The highest BCUT2D eigenvalue weighted by atomic mass is 16.5. The number of ether oxygens (including phenoxy) is 2. The Kier molecular flexibility index (Phi) is 6.50. The molecule has 0 spiro atoms. The first kappa shape index (κ1) is 15.5. The fraction of sp³-hybridized carbons (Fsp3) is 0.800. The van der Waals surface area contributed by atoms with Gasteiger partial charge in [0.05, 0.1) is 31.6 Å². The summed E-state index contributed by atoms with van der Waals surface area (Å²) in [4.78, 5) is 0. The Morgan fingerprint density at radius 3 is 2.90 bits per heavy atom. The van der Waals surface area contributed by atoms with Crippen molar-refractivity contribution >= 4 is 0 Å². The van der Waals surface area contributed by atoms with Crippen LogP contribution in [0.25, 0.3) is 0 Å². The number of rotatable bonds is 8. The Morgan fingerprint density at radius 1 is 1.35 bits per heavy atom. The SMILES string of the molecule is COCCOCC(N)Cc1ccn(C2CCCCC2)n1. The van der Waals surface area contributed by atoms with E-state index in [-0.39, 0.29) is 6.04 Å². The summed E-state index contributed by atoms with van der Waals surface area (Å²) in [6, 6.07) is 2.68. The molecule has 1 aliphatic carbocycles. The van der Waals surface area contributed by atoms with Crippen LogP contribution >= 0.6 is 0 Å². The first-order valence-electron chi connectivity index (χ1n) is 7.66. The Morgan fingerprint density at radius 2 is 2.15 bits per heavy atom. The molecule has 20 heavy (non-hydrogen) atoms. The van der Waals surface area contributed by atoms with Crippen LogP contribution in [0.1, 0.15) is 43.8 Å². The minimum absolute atomic E-state index is 0.00145. The summed E-state index contributed by atoms with van der Waals surface area (Å²) in [6.45, 7) is 1.77. The van der Waals surface area contributed by atoms with E-state index in [9.17, 15) is 0 Å². The Hall–Kier alpha value is -0.910. The molecule has 0 radical (unpaired) electrons. The highest BCUT2D eigenvalue weighted by molar-refractivity contribution is 5.02. The molecular formula is C15H27N3O2. The number of nitrogens with two attached hydrogens (primary N) is 1. The summed E-state index contributed by atoms with van der Waals surface area (Å²) < 4.78 is 12.5. The fourth-order valence-corrected chi connectivity index (χ4v) is 2.74. The van der Waals surface area contributed by atoms with Crippen LogP contribution in [-0.4, -0.2) is 42.8 Å². The lowest BCUT2D eigenvalue weighted by Gasteiger charge is -2.21. The van der Waals surface area contributed by atoms with Crippen molar-refractivity contribution < 1.29 is 9.47 Å². The molecule has 1 unspecified atom stereocenters. The number of methoxy groups -OCH3 is 1. The van der Waals surface area contributed by atoms with Crippen LogP contribution in [-0.2, 0) is 15.9 Å². The van der Waals surface area contributed by atoms with Crippen molar-refractivity contribution in [3.63, 3.8) is 0 Å². The van der Waals surface area contributed by atoms with Crippen LogP contribution in [0.2, 0.25) is 0 Å². The third-order valence-corrected chi connectivity index (χ3v) is 3.85. The maximum Gasteiger partial charge on any atom is 0.0701 e. The zero-order valence-corrected chi connectivity index (χ0v) is 12.5. The lowest BCUT2D eigenvalue weighted by atomic mass is 9.96. The summed E-state index contributed by atoms with van der Waals surface area (Å²) in [7, 11) is 1.67. The van der Waals surface area contributed by atoms with Gasteiger partial charge in [-0.25, -0.2) is 0 Å². The topological polar surface area (TPSA) is 62.3 Å². The van der Waals surface area contributed by atoms with Crippen molar-refractivity contribution in [2.75, 3.05) is 26.9 Å². The largest absolute Gasteiger partial charge is 0.382 e. The maximum atomic E-state index is 6.06. The first-order chi connectivity index (χ1) is 9.79. The van der Waals surface area contributed by atoms with Gasteiger partial charge in [0.1, 0.15) is 0 Å².